The number of hydrogen-bond donors (Lipinski definition) is 0. The average molecular weight is 230 g/mol. The maximum Gasteiger partial charge on any atom is 0.327 e. The first-order valence-electron chi connectivity index (χ1n) is 5.92. The minimum Gasteiger partial charge on any atom is -0.396 e. The normalized spacial score (nSPS) is 12.1. The molecule has 0 aromatic heterocycles. The third-order valence-electron chi connectivity index (χ3n) is 2.26. The molecule has 0 aromatic rings. The lowest BCUT2D eigenvalue weighted by atomic mass is 10.1. The van der Waals surface area contributed by atoms with Gasteiger partial charge >= 0.3 is 9.28 Å². The van der Waals surface area contributed by atoms with Gasteiger partial charge in [0.1, 0.15) is 0 Å². The molecule has 0 aliphatic rings. The summed E-state index contributed by atoms with van der Waals surface area (Å²) >= 11 is 0. The van der Waals surface area contributed by atoms with E-state index in [0.717, 1.165) is 32.5 Å². The quantitative estimate of drug-likeness (QED) is 0.446. The number of allylic oxidation sites excluding steroid dienone is 1. The van der Waals surface area contributed by atoms with Crippen LogP contribution in [0.15, 0.2) is 12.7 Å². The summed E-state index contributed by atoms with van der Waals surface area (Å²) in [7, 11) is -1.57. The summed E-state index contributed by atoms with van der Waals surface area (Å²) in [6, 6.07) is 0. The zero-order valence-corrected chi connectivity index (χ0v) is 11.9. The van der Waals surface area contributed by atoms with E-state index in [2.05, 4.69) is 34.3 Å². The predicted molar refractivity (Wildman–Crippen MR) is 68.5 cm³/mol. The van der Waals surface area contributed by atoms with Crippen molar-refractivity contribution in [2.24, 2.45) is 0 Å². The molecule has 0 saturated heterocycles. The van der Waals surface area contributed by atoms with Gasteiger partial charge < -0.3 is 8.85 Å². The Morgan fingerprint density at radius 1 is 1.13 bits per heavy atom. The second kappa shape index (κ2) is 8.08. The molecule has 0 heterocycles. The van der Waals surface area contributed by atoms with Crippen LogP contribution in [0.4, 0.5) is 0 Å². The van der Waals surface area contributed by atoms with E-state index in [4.69, 9.17) is 8.85 Å². The molecule has 0 atom stereocenters. The Labute approximate surface area is 96.5 Å². The molecule has 15 heavy (non-hydrogen) atoms. The molecule has 0 fully saturated rings. The van der Waals surface area contributed by atoms with Crippen molar-refractivity contribution in [3.05, 3.63) is 12.7 Å². The lowest BCUT2D eigenvalue weighted by Gasteiger charge is -2.31. The molecule has 90 valence electrons. The van der Waals surface area contributed by atoms with Gasteiger partial charge in [-0.05, 0) is 19.3 Å². The van der Waals surface area contributed by atoms with Crippen molar-refractivity contribution in [2.75, 3.05) is 13.2 Å². The van der Waals surface area contributed by atoms with E-state index in [1.165, 1.54) is 0 Å². The van der Waals surface area contributed by atoms with Crippen molar-refractivity contribution in [1.82, 2.24) is 0 Å². The largest absolute Gasteiger partial charge is 0.396 e. The first kappa shape index (κ1) is 14.9. The SMILES string of the molecule is C=CCC(C)(C)[SiH](OCCC)OCCC. The van der Waals surface area contributed by atoms with Crippen LogP contribution in [-0.4, -0.2) is 22.5 Å². The van der Waals surface area contributed by atoms with Gasteiger partial charge in [0.15, 0.2) is 0 Å². The van der Waals surface area contributed by atoms with Crippen molar-refractivity contribution in [3.63, 3.8) is 0 Å². The summed E-state index contributed by atoms with van der Waals surface area (Å²) in [5.74, 6) is 0. The lowest BCUT2D eigenvalue weighted by molar-refractivity contribution is 0.175. The molecule has 0 N–H and O–H groups in total. The molecule has 0 unspecified atom stereocenters. The fourth-order valence-electron chi connectivity index (χ4n) is 1.42. The van der Waals surface area contributed by atoms with Crippen LogP contribution in [0.5, 0.6) is 0 Å². The summed E-state index contributed by atoms with van der Waals surface area (Å²) in [6.07, 6.45) is 5.05. The van der Waals surface area contributed by atoms with Crippen molar-refractivity contribution >= 4 is 9.28 Å². The van der Waals surface area contributed by atoms with Crippen LogP contribution in [0.1, 0.15) is 47.0 Å². The van der Waals surface area contributed by atoms with Gasteiger partial charge in [0.2, 0.25) is 0 Å². The van der Waals surface area contributed by atoms with Gasteiger partial charge in [-0.25, -0.2) is 0 Å². The van der Waals surface area contributed by atoms with Gasteiger partial charge in [-0.2, -0.15) is 0 Å². The van der Waals surface area contributed by atoms with Gasteiger partial charge in [-0.3, -0.25) is 0 Å². The molecule has 0 saturated carbocycles. The summed E-state index contributed by atoms with van der Waals surface area (Å²) in [5.41, 5.74) is 0. The van der Waals surface area contributed by atoms with Gasteiger partial charge in [-0.1, -0.05) is 33.8 Å². The summed E-state index contributed by atoms with van der Waals surface area (Å²) in [6.45, 7) is 14.1. The molecule has 0 aliphatic carbocycles. The van der Waals surface area contributed by atoms with E-state index >= 15 is 0 Å². The minimum atomic E-state index is -1.57. The van der Waals surface area contributed by atoms with Crippen molar-refractivity contribution in [3.8, 4) is 0 Å². The second-order valence-corrected chi connectivity index (χ2v) is 7.45. The molecule has 2 nitrogen and oxygen atoms in total. The molecular weight excluding hydrogens is 204 g/mol. The summed E-state index contributed by atoms with van der Waals surface area (Å²) < 4.78 is 11.8. The van der Waals surface area contributed by atoms with Crippen LogP contribution < -0.4 is 0 Å². The van der Waals surface area contributed by atoms with Crippen LogP contribution in [0.25, 0.3) is 0 Å². The Balaban J connectivity index is 4.23. The van der Waals surface area contributed by atoms with Gasteiger partial charge in [0, 0.05) is 18.3 Å². The standard InChI is InChI=1S/C12H26O2Si/c1-6-9-12(4,5)15(13-10-7-2)14-11-8-3/h6,15H,1,7-11H2,2-5H3. The first-order valence-corrected chi connectivity index (χ1v) is 7.44. The molecular formula is C12H26O2Si. The molecule has 0 rings (SSSR count). The smallest absolute Gasteiger partial charge is 0.327 e. The molecule has 0 radical (unpaired) electrons. The fourth-order valence-corrected chi connectivity index (χ4v) is 3.67. The van der Waals surface area contributed by atoms with E-state index < -0.39 is 9.28 Å². The Morgan fingerprint density at radius 2 is 1.60 bits per heavy atom. The molecule has 0 bridgehead atoms. The molecule has 0 amide bonds. The van der Waals surface area contributed by atoms with Gasteiger partial charge in [-0.15, -0.1) is 6.58 Å². The molecule has 0 aliphatic heterocycles. The summed E-state index contributed by atoms with van der Waals surface area (Å²) in [4.78, 5) is 0. The van der Waals surface area contributed by atoms with Crippen LogP contribution in [0.3, 0.4) is 0 Å². The van der Waals surface area contributed by atoms with Crippen molar-refractivity contribution in [2.45, 2.75) is 52.0 Å². The number of rotatable bonds is 9. The maximum absolute atomic E-state index is 5.88. The van der Waals surface area contributed by atoms with E-state index in [1.54, 1.807) is 0 Å². The fraction of sp³-hybridized carbons (Fsp3) is 0.833. The van der Waals surface area contributed by atoms with Crippen molar-refractivity contribution < 1.29 is 8.85 Å². The lowest BCUT2D eigenvalue weighted by Crippen LogP contribution is -2.35. The highest BCUT2D eigenvalue weighted by atomic mass is 28.3. The Hall–Kier alpha value is -0.123. The summed E-state index contributed by atoms with van der Waals surface area (Å²) in [5, 5.41) is 0.145. The van der Waals surface area contributed by atoms with E-state index in [0.29, 0.717) is 0 Å². The van der Waals surface area contributed by atoms with Crippen LogP contribution in [-0.2, 0) is 8.85 Å². The zero-order valence-electron chi connectivity index (χ0n) is 10.7. The predicted octanol–water partition coefficient (Wildman–Crippen LogP) is 3.42. The van der Waals surface area contributed by atoms with E-state index in [-0.39, 0.29) is 5.04 Å². The van der Waals surface area contributed by atoms with Crippen LogP contribution >= 0.6 is 0 Å². The Kier molecular flexibility index (Phi) is 8.01. The number of hydrogen-bond acceptors (Lipinski definition) is 2. The topological polar surface area (TPSA) is 18.5 Å². The minimum absolute atomic E-state index is 0.145. The highest BCUT2D eigenvalue weighted by Crippen LogP contribution is 2.34. The van der Waals surface area contributed by atoms with E-state index in [1.807, 2.05) is 6.08 Å². The third kappa shape index (κ3) is 6.13. The molecule has 0 spiro atoms. The molecule has 3 heteroatoms. The van der Waals surface area contributed by atoms with Crippen LogP contribution in [0, 0.1) is 0 Å². The zero-order chi connectivity index (χ0) is 11.7. The van der Waals surface area contributed by atoms with E-state index in [9.17, 15) is 0 Å². The second-order valence-electron chi connectivity index (χ2n) is 4.55. The van der Waals surface area contributed by atoms with Crippen molar-refractivity contribution in [1.29, 1.82) is 0 Å². The first-order chi connectivity index (χ1) is 7.08. The van der Waals surface area contributed by atoms with Gasteiger partial charge in [0.05, 0.1) is 0 Å². The average Bonchev–Trinajstić information content (AvgIpc) is 2.17. The Bertz CT molecular complexity index is 161. The monoisotopic (exact) mass is 230 g/mol. The van der Waals surface area contributed by atoms with Crippen LogP contribution in [0.2, 0.25) is 5.04 Å². The highest BCUT2D eigenvalue weighted by molar-refractivity contribution is 6.48. The molecule has 0 aromatic carbocycles. The maximum atomic E-state index is 5.88. The third-order valence-corrected chi connectivity index (χ3v) is 4.84. The van der Waals surface area contributed by atoms with Gasteiger partial charge in [0.25, 0.3) is 0 Å². The Morgan fingerprint density at radius 3 is 1.93 bits per heavy atom. The highest BCUT2D eigenvalue weighted by Gasteiger charge is 2.33.